The van der Waals surface area contributed by atoms with Crippen LogP contribution >= 0.6 is 11.6 Å². The number of nitrogens with two attached hydrogens (primary N) is 1. The van der Waals surface area contributed by atoms with E-state index in [4.69, 9.17) is 17.3 Å². The van der Waals surface area contributed by atoms with Gasteiger partial charge in [-0.1, -0.05) is 24.6 Å². The average molecular weight is 283 g/mol. The smallest absolute Gasteiger partial charge is 0.274 e. The Kier molecular flexibility index (Phi) is 4.42. The van der Waals surface area contributed by atoms with Gasteiger partial charge in [-0.25, -0.2) is 0 Å². The van der Waals surface area contributed by atoms with Crippen LogP contribution in [0.15, 0.2) is 18.2 Å². The van der Waals surface area contributed by atoms with E-state index in [0.29, 0.717) is 22.9 Å². The summed E-state index contributed by atoms with van der Waals surface area (Å²) in [5.41, 5.74) is 6.89. The molecule has 0 aliphatic heterocycles. The van der Waals surface area contributed by atoms with Crippen molar-refractivity contribution in [3.8, 4) is 0 Å². The SMILES string of the molecule is CC1CCC(N)C(Cc2c(Cl)cccc2[N+](=O)[O-])C1. The molecule has 19 heavy (non-hydrogen) atoms. The van der Waals surface area contributed by atoms with Crippen LogP contribution in [0.3, 0.4) is 0 Å². The van der Waals surface area contributed by atoms with E-state index in [1.807, 2.05) is 0 Å². The molecule has 104 valence electrons. The van der Waals surface area contributed by atoms with E-state index in [1.54, 1.807) is 12.1 Å². The van der Waals surface area contributed by atoms with Gasteiger partial charge in [-0.2, -0.15) is 0 Å². The number of hydrogen-bond donors (Lipinski definition) is 1. The highest BCUT2D eigenvalue weighted by Gasteiger charge is 2.29. The molecule has 5 heteroatoms. The van der Waals surface area contributed by atoms with Crippen LogP contribution in [0, 0.1) is 22.0 Å². The van der Waals surface area contributed by atoms with Gasteiger partial charge in [0.15, 0.2) is 0 Å². The molecule has 1 aliphatic rings. The second kappa shape index (κ2) is 5.88. The summed E-state index contributed by atoms with van der Waals surface area (Å²) in [5, 5.41) is 11.5. The summed E-state index contributed by atoms with van der Waals surface area (Å²) in [7, 11) is 0. The number of nitro groups is 1. The molecular weight excluding hydrogens is 264 g/mol. The van der Waals surface area contributed by atoms with Crippen LogP contribution in [-0.4, -0.2) is 11.0 Å². The average Bonchev–Trinajstić information content (AvgIpc) is 2.35. The summed E-state index contributed by atoms with van der Waals surface area (Å²) in [4.78, 5) is 10.7. The third kappa shape index (κ3) is 3.25. The molecule has 0 aromatic heterocycles. The van der Waals surface area contributed by atoms with E-state index in [9.17, 15) is 10.1 Å². The fraction of sp³-hybridized carbons (Fsp3) is 0.571. The van der Waals surface area contributed by atoms with E-state index in [-0.39, 0.29) is 22.6 Å². The molecule has 1 aromatic carbocycles. The predicted molar refractivity (Wildman–Crippen MR) is 76.3 cm³/mol. The molecule has 0 saturated heterocycles. The number of halogens is 1. The molecule has 2 N–H and O–H groups in total. The first kappa shape index (κ1) is 14.3. The largest absolute Gasteiger partial charge is 0.327 e. The third-order valence-corrected chi connectivity index (χ3v) is 4.41. The molecule has 0 radical (unpaired) electrons. The van der Waals surface area contributed by atoms with Gasteiger partial charge in [0, 0.05) is 17.7 Å². The summed E-state index contributed by atoms with van der Waals surface area (Å²) in [6, 6.07) is 4.96. The van der Waals surface area contributed by atoms with E-state index >= 15 is 0 Å². The first-order valence-corrected chi connectivity index (χ1v) is 7.04. The summed E-state index contributed by atoms with van der Waals surface area (Å²) in [6.45, 7) is 2.21. The highest BCUT2D eigenvalue weighted by atomic mass is 35.5. The van der Waals surface area contributed by atoms with E-state index in [2.05, 4.69) is 6.92 Å². The Balaban J connectivity index is 2.25. The normalized spacial score (nSPS) is 27.2. The van der Waals surface area contributed by atoms with Gasteiger partial charge in [-0.15, -0.1) is 0 Å². The Morgan fingerprint density at radius 3 is 2.89 bits per heavy atom. The number of nitro benzene ring substituents is 1. The maximum atomic E-state index is 11.1. The van der Waals surface area contributed by atoms with Gasteiger partial charge in [-0.3, -0.25) is 10.1 Å². The fourth-order valence-electron chi connectivity index (χ4n) is 2.94. The Labute approximate surface area is 118 Å². The molecule has 0 bridgehead atoms. The van der Waals surface area contributed by atoms with E-state index < -0.39 is 0 Å². The lowest BCUT2D eigenvalue weighted by molar-refractivity contribution is -0.385. The molecule has 3 unspecified atom stereocenters. The van der Waals surface area contributed by atoms with Gasteiger partial charge in [-0.05, 0) is 43.6 Å². The summed E-state index contributed by atoms with van der Waals surface area (Å²) in [5.74, 6) is 0.911. The minimum absolute atomic E-state index is 0.109. The third-order valence-electron chi connectivity index (χ3n) is 4.06. The van der Waals surface area contributed by atoms with Gasteiger partial charge in [0.2, 0.25) is 0 Å². The van der Waals surface area contributed by atoms with Crippen molar-refractivity contribution in [2.45, 2.75) is 38.6 Å². The lowest BCUT2D eigenvalue weighted by Crippen LogP contribution is -2.36. The van der Waals surface area contributed by atoms with Crippen molar-refractivity contribution < 1.29 is 4.92 Å². The van der Waals surface area contributed by atoms with E-state index in [1.165, 1.54) is 6.07 Å². The van der Waals surface area contributed by atoms with Crippen LogP contribution in [0.25, 0.3) is 0 Å². The van der Waals surface area contributed by atoms with Crippen molar-refractivity contribution >= 4 is 17.3 Å². The topological polar surface area (TPSA) is 69.2 Å². The number of nitrogens with zero attached hydrogens (tertiary/aromatic N) is 1. The molecule has 2 rings (SSSR count). The van der Waals surface area contributed by atoms with Crippen molar-refractivity contribution in [1.82, 2.24) is 0 Å². The summed E-state index contributed by atoms with van der Waals surface area (Å²) in [6.07, 6.45) is 3.75. The Hall–Kier alpha value is -1.13. The van der Waals surface area contributed by atoms with Crippen LogP contribution in [0.2, 0.25) is 5.02 Å². The molecule has 1 saturated carbocycles. The monoisotopic (exact) mass is 282 g/mol. The number of benzene rings is 1. The zero-order chi connectivity index (χ0) is 14.0. The number of rotatable bonds is 3. The summed E-state index contributed by atoms with van der Waals surface area (Å²) >= 11 is 6.13. The lowest BCUT2D eigenvalue weighted by atomic mass is 9.76. The highest BCUT2D eigenvalue weighted by Crippen LogP contribution is 2.35. The fourth-order valence-corrected chi connectivity index (χ4v) is 3.19. The van der Waals surface area contributed by atoms with Crippen LogP contribution < -0.4 is 5.73 Å². The lowest BCUT2D eigenvalue weighted by Gasteiger charge is -2.32. The zero-order valence-electron chi connectivity index (χ0n) is 11.0. The molecule has 1 fully saturated rings. The molecule has 0 spiro atoms. The molecule has 0 amide bonds. The molecular formula is C14H19ClN2O2. The predicted octanol–water partition coefficient (Wildman–Crippen LogP) is 3.55. The Bertz CT molecular complexity index is 479. The molecule has 1 aromatic rings. The minimum atomic E-state index is -0.362. The maximum absolute atomic E-state index is 11.1. The second-order valence-corrected chi connectivity index (χ2v) is 5.95. The van der Waals surface area contributed by atoms with Crippen molar-refractivity contribution in [3.05, 3.63) is 38.9 Å². The molecule has 3 atom stereocenters. The van der Waals surface area contributed by atoms with Crippen molar-refractivity contribution in [1.29, 1.82) is 0 Å². The van der Waals surface area contributed by atoms with Crippen molar-refractivity contribution in [2.24, 2.45) is 17.6 Å². The quantitative estimate of drug-likeness (QED) is 0.681. The van der Waals surface area contributed by atoms with Crippen LogP contribution in [0.5, 0.6) is 0 Å². The van der Waals surface area contributed by atoms with Gasteiger partial charge >= 0.3 is 0 Å². The van der Waals surface area contributed by atoms with Crippen molar-refractivity contribution in [2.75, 3.05) is 0 Å². The first-order chi connectivity index (χ1) is 8.99. The van der Waals surface area contributed by atoms with Crippen LogP contribution in [-0.2, 0) is 6.42 Å². The maximum Gasteiger partial charge on any atom is 0.274 e. The van der Waals surface area contributed by atoms with Gasteiger partial charge in [0.25, 0.3) is 5.69 Å². The minimum Gasteiger partial charge on any atom is -0.327 e. The molecule has 1 aliphatic carbocycles. The standard InChI is InChI=1S/C14H19ClN2O2/c1-9-5-6-13(16)10(7-9)8-11-12(15)3-2-4-14(11)17(18)19/h2-4,9-10,13H,5-8,16H2,1H3. The van der Waals surface area contributed by atoms with E-state index in [0.717, 1.165) is 19.3 Å². The van der Waals surface area contributed by atoms with Crippen LogP contribution in [0.4, 0.5) is 5.69 Å². The van der Waals surface area contributed by atoms with Crippen molar-refractivity contribution in [3.63, 3.8) is 0 Å². The molecule has 4 nitrogen and oxygen atoms in total. The zero-order valence-corrected chi connectivity index (χ0v) is 11.8. The van der Waals surface area contributed by atoms with Gasteiger partial charge in [0.05, 0.1) is 9.95 Å². The molecule has 0 heterocycles. The second-order valence-electron chi connectivity index (χ2n) is 5.54. The first-order valence-electron chi connectivity index (χ1n) is 6.66. The Morgan fingerprint density at radius 1 is 1.47 bits per heavy atom. The van der Waals surface area contributed by atoms with Crippen LogP contribution in [0.1, 0.15) is 31.7 Å². The van der Waals surface area contributed by atoms with Gasteiger partial charge < -0.3 is 5.73 Å². The number of hydrogen-bond acceptors (Lipinski definition) is 3. The van der Waals surface area contributed by atoms with Gasteiger partial charge in [0.1, 0.15) is 0 Å². The summed E-state index contributed by atoms with van der Waals surface area (Å²) < 4.78 is 0. The Morgan fingerprint density at radius 2 is 2.21 bits per heavy atom. The highest BCUT2D eigenvalue weighted by molar-refractivity contribution is 6.31.